The molecular weight excluding hydrogens is 262 g/mol. The molecular formula is C11H8F6O. The Morgan fingerprint density at radius 3 is 1.83 bits per heavy atom. The summed E-state index contributed by atoms with van der Waals surface area (Å²) in [6.07, 6.45) is -5.82. The summed E-state index contributed by atoms with van der Waals surface area (Å²) in [5.41, 5.74) is 0.148. The van der Waals surface area contributed by atoms with Crippen LogP contribution in [0.3, 0.4) is 0 Å². The van der Waals surface area contributed by atoms with Crippen molar-refractivity contribution in [1.29, 1.82) is 0 Å². The molecule has 0 saturated heterocycles. The van der Waals surface area contributed by atoms with Crippen molar-refractivity contribution in [3.8, 4) is 0 Å². The van der Waals surface area contributed by atoms with E-state index in [0.29, 0.717) is 6.08 Å². The van der Waals surface area contributed by atoms with Gasteiger partial charge >= 0.3 is 18.0 Å². The van der Waals surface area contributed by atoms with E-state index in [1.165, 1.54) is 24.3 Å². The summed E-state index contributed by atoms with van der Waals surface area (Å²) in [5.74, 6) is -10.7. The van der Waals surface area contributed by atoms with Gasteiger partial charge < -0.3 is 5.11 Å². The van der Waals surface area contributed by atoms with Gasteiger partial charge in [0.2, 0.25) is 0 Å². The fourth-order valence-electron chi connectivity index (χ4n) is 1.06. The minimum absolute atomic E-state index is 0.148. The van der Waals surface area contributed by atoms with Gasteiger partial charge in [0, 0.05) is 0 Å². The zero-order valence-corrected chi connectivity index (χ0v) is 8.76. The van der Waals surface area contributed by atoms with Gasteiger partial charge in [-0.25, -0.2) is 0 Å². The summed E-state index contributed by atoms with van der Waals surface area (Å²) in [7, 11) is 0. The molecule has 0 spiro atoms. The number of rotatable bonds is 3. The first kappa shape index (κ1) is 14.6. The number of hydrogen-bond acceptors (Lipinski definition) is 1. The molecule has 100 valence electrons. The first-order valence-electron chi connectivity index (χ1n) is 4.68. The van der Waals surface area contributed by atoms with Crippen LogP contribution in [0.5, 0.6) is 0 Å². The lowest BCUT2D eigenvalue weighted by atomic mass is 10.1. The van der Waals surface area contributed by atoms with Crippen LogP contribution in [-0.4, -0.2) is 23.1 Å². The van der Waals surface area contributed by atoms with Crippen LogP contribution in [0.25, 0.3) is 6.08 Å². The molecule has 7 heteroatoms. The molecule has 0 aromatic heterocycles. The number of alkyl halides is 6. The summed E-state index contributed by atoms with van der Waals surface area (Å²) < 4.78 is 74.4. The molecule has 0 heterocycles. The molecule has 18 heavy (non-hydrogen) atoms. The number of aliphatic hydroxyl groups is 1. The van der Waals surface area contributed by atoms with E-state index in [2.05, 4.69) is 0 Å². The lowest BCUT2D eigenvalue weighted by Gasteiger charge is -2.27. The van der Waals surface area contributed by atoms with E-state index in [4.69, 9.17) is 5.11 Å². The first-order chi connectivity index (χ1) is 8.08. The van der Waals surface area contributed by atoms with Crippen LogP contribution < -0.4 is 0 Å². The molecule has 0 fully saturated rings. The average Bonchev–Trinajstić information content (AvgIpc) is 2.26. The Labute approximate surface area is 98.4 Å². The summed E-state index contributed by atoms with van der Waals surface area (Å²) in [6.45, 7) is 0. The Kier molecular flexibility index (Phi) is 3.75. The van der Waals surface area contributed by atoms with Gasteiger partial charge in [0.1, 0.15) is 0 Å². The summed E-state index contributed by atoms with van der Waals surface area (Å²) in [5, 5.41) is 8.26. The SMILES string of the molecule is OC(F)(C(F)(F)F)C(F)(F)C=Cc1ccccc1. The predicted molar refractivity (Wildman–Crippen MR) is 52.5 cm³/mol. The van der Waals surface area contributed by atoms with Crippen LogP contribution in [0.1, 0.15) is 5.56 Å². The van der Waals surface area contributed by atoms with Crippen LogP contribution in [-0.2, 0) is 0 Å². The molecule has 0 bridgehead atoms. The Hall–Kier alpha value is -1.50. The molecule has 0 aliphatic heterocycles. The van der Waals surface area contributed by atoms with Crippen LogP contribution in [0.2, 0.25) is 0 Å². The largest absolute Gasteiger partial charge is 0.455 e. The van der Waals surface area contributed by atoms with Crippen molar-refractivity contribution in [3.63, 3.8) is 0 Å². The topological polar surface area (TPSA) is 20.2 Å². The van der Waals surface area contributed by atoms with Gasteiger partial charge in [0.15, 0.2) is 0 Å². The number of halogens is 6. The van der Waals surface area contributed by atoms with Crippen molar-refractivity contribution in [3.05, 3.63) is 42.0 Å². The van der Waals surface area contributed by atoms with Crippen molar-refractivity contribution in [2.45, 2.75) is 18.0 Å². The van der Waals surface area contributed by atoms with Gasteiger partial charge in [-0.05, 0) is 11.6 Å². The maximum Gasteiger partial charge on any atom is 0.455 e. The Bertz CT molecular complexity index is 421. The van der Waals surface area contributed by atoms with Gasteiger partial charge in [-0.2, -0.15) is 26.3 Å². The quantitative estimate of drug-likeness (QED) is 0.833. The fourth-order valence-corrected chi connectivity index (χ4v) is 1.06. The Morgan fingerprint density at radius 2 is 1.39 bits per heavy atom. The van der Waals surface area contributed by atoms with Crippen molar-refractivity contribution >= 4 is 6.08 Å². The minimum atomic E-state index is -6.09. The van der Waals surface area contributed by atoms with Crippen molar-refractivity contribution in [2.75, 3.05) is 0 Å². The zero-order valence-electron chi connectivity index (χ0n) is 8.76. The van der Waals surface area contributed by atoms with E-state index in [1.54, 1.807) is 6.07 Å². The van der Waals surface area contributed by atoms with Gasteiger partial charge in [-0.3, -0.25) is 0 Å². The lowest BCUT2D eigenvalue weighted by molar-refractivity contribution is -0.373. The molecule has 1 nitrogen and oxygen atoms in total. The molecule has 1 unspecified atom stereocenters. The molecule has 1 rings (SSSR count). The van der Waals surface area contributed by atoms with Crippen molar-refractivity contribution in [1.82, 2.24) is 0 Å². The highest BCUT2D eigenvalue weighted by Crippen LogP contribution is 2.44. The maximum absolute atomic E-state index is 13.0. The van der Waals surface area contributed by atoms with Crippen LogP contribution >= 0.6 is 0 Å². The third kappa shape index (κ3) is 2.84. The van der Waals surface area contributed by atoms with E-state index in [1.807, 2.05) is 0 Å². The fraction of sp³-hybridized carbons (Fsp3) is 0.273. The predicted octanol–water partition coefficient (Wildman–Crippen LogP) is 3.56. The minimum Gasteiger partial charge on any atom is -0.350 e. The second-order valence-corrected chi connectivity index (χ2v) is 3.49. The van der Waals surface area contributed by atoms with E-state index < -0.39 is 18.0 Å². The zero-order chi connectivity index (χ0) is 14.0. The van der Waals surface area contributed by atoms with E-state index in [-0.39, 0.29) is 11.6 Å². The van der Waals surface area contributed by atoms with Crippen molar-refractivity contribution < 1.29 is 31.4 Å². The monoisotopic (exact) mass is 270 g/mol. The van der Waals surface area contributed by atoms with Crippen LogP contribution in [0.4, 0.5) is 26.3 Å². The molecule has 0 radical (unpaired) electrons. The summed E-state index contributed by atoms with van der Waals surface area (Å²) >= 11 is 0. The smallest absolute Gasteiger partial charge is 0.350 e. The van der Waals surface area contributed by atoms with E-state index in [9.17, 15) is 26.3 Å². The summed E-state index contributed by atoms with van der Waals surface area (Å²) in [4.78, 5) is 0. The second kappa shape index (κ2) is 4.64. The Morgan fingerprint density at radius 1 is 0.889 bits per heavy atom. The third-order valence-corrected chi connectivity index (χ3v) is 2.10. The van der Waals surface area contributed by atoms with E-state index >= 15 is 0 Å². The maximum atomic E-state index is 13.0. The highest BCUT2D eigenvalue weighted by Gasteiger charge is 2.69. The number of hydrogen-bond donors (Lipinski definition) is 1. The first-order valence-corrected chi connectivity index (χ1v) is 4.68. The van der Waals surface area contributed by atoms with E-state index in [0.717, 1.165) is 0 Å². The van der Waals surface area contributed by atoms with Gasteiger partial charge in [-0.1, -0.05) is 36.4 Å². The normalized spacial score (nSPS) is 16.8. The molecule has 0 saturated carbocycles. The third-order valence-electron chi connectivity index (χ3n) is 2.10. The lowest BCUT2D eigenvalue weighted by Crippen LogP contribution is -2.54. The molecule has 0 aliphatic rings. The highest BCUT2D eigenvalue weighted by molar-refractivity contribution is 5.50. The number of benzene rings is 1. The molecule has 0 amide bonds. The van der Waals surface area contributed by atoms with Gasteiger partial charge in [0.05, 0.1) is 0 Å². The molecule has 1 aromatic carbocycles. The molecule has 0 aliphatic carbocycles. The second-order valence-electron chi connectivity index (χ2n) is 3.49. The standard InChI is InChI=1S/C11H8F6O/c12-9(13,10(14,18)11(15,16)17)7-6-8-4-2-1-3-5-8/h1-7,18H. The van der Waals surface area contributed by atoms with Gasteiger partial charge in [0.25, 0.3) is 0 Å². The molecule has 1 aromatic rings. The Balaban J connectivity index is 2.98. The molecule has 1 atom stereocenters. The molecule has 1 N–H and O–H groups in total. The van der Waals surface area contributed by atoms with Crippen LogP contribution in [0.15, 0.2) is 36.4 Å². The summed E-state index contributed by atoms with van der Waals surface area (Å²) in [6, 6.07) is 7.15. The average molecular weight is 270 g/mol. The highest BCUT2D eigenvalue weighted by atomic mass is 19.4. The van der Waals surface area contributed by atoms with Gasteiger partial charge in [-0.15, -0.1) is 0 Å². The van der Waals surface area contributed by atoms with Crippen molar-refractivity contribution in [2.24, 2.45) is 0 Å². The van der Waals surface area contributed by atoms with Crippen LogP contribution in [0, 0.1) is 0 Å².